The lowest BCUT2D eigenvalue weighted by atomic mass is 9.88. The number of carbonyl (C=O) groups excluding carboxylic acids is 1. The van der Waals surface area contributed by atoms with Crippen LogP contribution in [0.2, 0.25) is 0 Å². The van der Waals surface area contributed by atoms with Crippen molar-refractivity contribution in [3.05, 3.63) is 35.2 Å². The largest absolute Gasteiger partial charge is 0.316 e. The number of nitrogens with zero attached hydrogens (tertiary/aromatic N) is 1. The number of aryl methyl sites for hydroxylation is 1. The first-order valence-corrected chi connectivity index (χ1v) is 8.05. The minimum atomic E-state index is 0.0259. The molecule has 1 saturated heterocycles. The van der Waals surface area contributed by atoms with Crippen LogP contribution in [0.5, 0.6) is 0 Å². The van der Waals surface area contributed by atoms with Crippen LogP contribution in [-0.2, 0) is 4.79 Å². The molecule has 1 atom stereocenters. The van der Waals surface area contributed by atoms with Crippen molar-refractivity contribution < 1.29 is 4.79 Å². The van der Waals surface area contributed by atoms with E-state index in [4.69, 9.17) is 0 Å². The lowest BCUT2D eigenvalue weighted by Crippen LogP contribution is -2.48. The average molecular weight is 301 g/mol. The number of nitrogens with one attached hydrogen (secondary N) is 2. The Morgan fingerprint density at radius 1 is 1.38 bits per heavy atom. The van der Waals surface area contributed by atoms with Gasteiger partial charge in [-0.1, -0.05) is 36.8 Å². The predicted octanol–water partition coefficient (Wildman–Crippen LogP) is 2.91. The van der Waals surface area contributed by atoms with Crippen LogP contribution >= 0.6 is 11.3 Å². The zero-order chi connectivity index (χ0) is 14.8. The molecule has 21 heavy (non-hydrogen) atoms. The fourth-order valence-corrected chi connectivity index (χ4v) is 3.01. The summed E-state index contributed by atoms with van der Waals surface area (Å²) in [5.41, 5.74) is 3.22. The molecule has 1 aromatic heterocycles. The maximum atomic E-state index is 12.2. The van der Waals surface area contributed by atoms with E-state index in [1.807, 2.05) is 12.3 Å². The topological polar surface area (TPSA) is 54.0 Å². The van der Waals surface area contributed by atoms with Gasteiger partial charge in [-0.3, -0.25) is 4.79 Å². The van der Waals surface area contributed by atoms with Crippen molar-refractivity contribution in [1.82, 2.24) is 10.3 Å². The Morgan fingerprint density at radius 2 is 2.10 bits per heavy atom. The minimum absolute atomic E-state index is 0.0259. The smallest absolute Gasteiger partial charge is 0.229 e. The summed E-state index contributed by atoms with van der Waals surface area (Å²) in [5, 5.41) is 8.79. The minimum Gasteiger partial charge on any atom is -0.316 e. The van der Waals surface area contributed by atoms with Crippen LogP contribution < -0.4 is 10.6 Å². The number of aromatic nitrogens is 1. The molecule has 0 bridgehead atoms. The molecule has 2 N–H and O–H groups in total. The highest BCUT2D eigenvalue weighted by atomic mass is 32.1. The summed E-state index contributed by atoms with van der Waals surface area (Å²) in [6.07, 6.45) is 0. The number of hydrogen-bond acceptors (Lipinski definition) is 4. The number of amides is 1. The Hall–Kier alpha value is -1.72. The molecular weight excluding hydrogens is 282 g/mol. The van der Waals surface area contributed by atoms with Gasteiger partial charge in [-0.25, -0.2) is 4.98 Å². The third-order valence-electron chi connectivity index (χ3n) is 4.02. The Bertz CT molecular complexity index is 631. The molecule has 110 valence electrons. The van der Waals surface area contributed by atoms with Crippen LogP contribution in [0.15, 0.2) is 29.6 Å². The van der Waals surface area contributed by atoms with Gasteiger partial charge in [0, 0.05) is 16.9 Å². The van der Waals surface area contributed by atoms with E-state index in [0.29, 0.717) is 11.0 Å². The highest BCUT2D eigenvalue weighted by Crippen LogP contribution is 2.26. The zero-order valence-corrected chi connectivity index (χ0v) is 13.0. The molecule has 0 aliphatic carbocycles. The lowest BCUT2D eigenvalue weighted by Gasteiger charge is -2.31. The van der Waals surface area contributed by atoms with Gasteiger partial charge in [-0.2, -0.15) is 0 Å². The van der Waals surface area contributed by atoms with Crippen molar-refractivity contribution >= 4 is 22.4 Å². The summed E-state index contributed by atoms with van der Waals surface area (Å²) >= 11 is 1.47. The fraction of sp³-hybridized carbons (Fsp3) is 0.375. The van der Waals surface area contributed by atoms with E-state index < -0.39 is 0 Å². The Labute approximate surface area is 128 Å². The predicted molar refractivity (Wildman–Crippen MR) is 86.4 cm³/mol. The van der Waals surface area contributed by atoms with E-state index >= 15 is 0 Å². The Kier molecular flexibility index (Phi) is 4.03. The summed E-state index contributed by atoms with van der Waals surface area (Å²) in [6.45, 7) is 5.91. The zero-order valence-electron chi connectivity index (χ0n) is 12.2. The first-order chi connectivity index (χ1) is 10.1. The van der Waals surface area contributed by atoms with Crippen molar-refractivity contribution in [2.24, 2.45) is 11.8 Å². The van der Waals surface area contributed by atoms with Crippen LogP contribution in [0, 0.1) is 18.8 Å². The Balaban J connectivity index is 1.67. The second-order valence-electron chi connectivity index (χ2n) is 5.60. The molecule has 1 unspecified atom stereocenters. The monoisotopic (exact) mass is 301 g/mol. The molecule has 1 fully saturated rings. The van der Waals surface area contributed by atoms with E-state index in [2.05, 4.69) is 46.8 Å². The van der Waals surface area contributed by atoms with Gasteiger partial charge in [0.15, 0.2) is 5.13 Å². The molecule has 0 radical (unpaired) electrons. The van der Waals surface area contributed by atoms with Crippen molar-refractivity contribution in [3.8, 4) is 11.3 Å². The molecule has 3 rings (SSSR count). The normalized spacial score (nSPS) is 16.3. The third-order valence-corrected chi connectivity index (χ3v) is 4.77. The second kappa shape index (κ2) is 5.95. The molecule has 1 amide bonds. The summed E-state index contributed by atoms with van der Waals surface area (Å²) in [7, 11) is 0. The van der Waals surface area contributed by atoms with Crippen LogP contribution in [0.25, 0.3) is 11.3 Å². The van der Waals surface area contributed by atoms with E-state index in [9.17, 15) is 4.79 Å². The Morgan fingerprint density at radius 3 is 2.71 bits per heavy atom. The molecule has 5 heteroatoms. The first kappa shape index (κ1) is 14.2. The number of carbonyl (C=O) groups is 1. The van der Waals surface area contributed by atoms with Crippen molar-refractivity contribution in [1.29, 1.82) is 0 Å². The first-order valence-electron chi connectivity index (χ1n) is 7.17. The average Bonchev–Trinajstić information content (AvgIpc) is 2.86. The number of benzene rings is 1. The third kappa shape index (κ3) is 3.14. The van der Waals surface area contributed by atoms with Gasteiger partial charge < -0.3 is 10.6 Å². The molecule has 1 aliphatic rings. The summed E-state index contributed by atoms with van der Waals surface area (Å²) < 4.78 is 0. The molecule has 1 aliphatic heterocycles. The van der Waals surface area contributed by atoms with Crippen LogP contribution in [0.3, 0.4) is 0 Å². The summed E-state index contributed by atoms with van der Waals surface area (Å²) in [5.74, 6) is 0.533. The highest BCUT2D eigenvalue weighted by molar-refractivity contribution is 7.14. The fourth-order valence-electron chi connectivity index (χ4n) is 2.29. The van der Waals surface area contributed by atoms with Gasteiger partial charge in [0.05, 0.1) is 5.69 Å². The quantitative estimate of drug-likeness (QED) is 0.913. The van der Waals surface area contributed by atoms with Crippen molar-refractivity contribution in [2.75, 3.05) is 18.4 Å². The van der Waals surface area contributed by atoms with Crippen molar-refractivity contribution in [2.45, 2.75) is 13.8 Å². The van der Waals surface area contributed by atoms with Gasteiger partial charge >= 0.3 is 0 Å². The van der Waals surface area contributed by atoms with Gasteiger partial charge in [-0.05, 0) is 25.9 Å². The molecule has 0 spiro atoms. The standard InChI is InChI=1S/C16H19N3OS/c1-10-3-5-12(6-4-10)14-9-21-16(18-14)19-15(20)11(2)13-7-17-8-13/h3-6,9,11,13,17H,7-8H2,1-2H3,(H,18,19,20). The number of anilines is 1. The molecule has 4 nitrogen and oxygen atoms in total. The van der Waals surface area contributed by atoms with Gasteiger partial charge in [0.2, 0.25) is 5.91 Å². The van der Waals surface area contributed by atoms with Gasteiger partial charge in [-0.15, -0.1) is 11.3 Å². The highest BCUT2D eigenvalue weighted by Gasteiger charge is 2.29. The molecule has 2 aromatic rings. The molecule has 2 heterocycles. The number of rotatable bonds is 4. The van der Waals surface area contributed by atoms with Crippen LogP contribution in [-0.4, -0.2) is 24.0 Å². The van der Waals surface area contributed by atoms with E-state index in [1.165, 1.54) is 16.9 Å². The van der Waals surface area contributed by atoms with E-state index in [-0.39, 0.29) is 11.8 Å². The SMILES string of the molecule is Cc1ccc(-c2csc(NC(=O)C(C)C3CNC3)n2)cc1. The lowest BCUT2D eigenvalue weighted by molar-refractivity contribution is -0.121. The summed E-state index contributed by atoms with van der Waals surface area (Å²) in [6, 6.07) is 8.24. The molecule has 0 saturated carbocycles. The van der Waals surface area contributed by atoms with Crippen LogP contribution in [0.4, 0.5) is 5.13 Å². The van der Waals surface area contributed by atoms with Gasteiger partial charge in [0.25, 0.3) is 0 Å². The van der Waals surface area contributed by atoms with E-state index in [0.717, 1.165) is 24.3 Å². The summed E-state index contributed by atoms with van der Waals surface area (Å²) in [4.78, 5) is 16.7. The van der Waals surface area contributed by atoms with E-state index in [1.54, 1.807) is 0 Å². The molecule has 1 aromatic carbocycles. The van der Waals surface area contributed by atoms with Crippen molar-refractivity contribution in [3.63, 3.8) is 0 Å². The van der Waals surface area contributed by atoms with Gasteiger partial charge in [0.1, 0.15) is 0 Å². The number of hydrogen-bond donors (Lipinski definition) is 2. The number of thiazole rings is 1. The molecular formula is C16H19N3OS. The van der Waals surface area contributed by atoms with Crippen LogP contribution in [0.1, 0.15) is 12.5 Å². The maximum Gasteiger partial charge on any atom is 0.229 e. The second-order valence-corrected chi connectivity index (χ2v) is 6.46. The maximum absolute atomic E-state index is 12.2.